The summed E-state index contributed by atoms with van der Waals surface area (Å²) < 4.78 is 5.35. The zero-order chi connectivity index (χ0) is 10.8. The molecule has 0 aliphatic heterocycles. The van der Waals surface area contributed by atoms with Crippen molar-refractivity contribution in [3.8, 4) is 0 Å². The molecule has 5 heteroatoms. The van der Waals surface area contributed by atoms with Crippen LogP contribution in [-0.2, 0) is 4.74 Å². The van der Waals surface area contributed by atoms with Gasteiger partial charge in [-0.15, -0.1) is 0 Å². The highest BCUT2D eigenvalue weighted by Crippen LogP contribution is 1.89. The molecule has 5 nitrogen and oxygen atoms in total. The summed E-state index contributed by atoms with van der Waals surface area (Å²) >= 11 is 0. The fourth-order valence-corrected chi connectivity index (χ4v) is 0.926. The average Bonchev–Trinajstić information content (AvgIpc) is 2.16. The normalized spacial score (nSPS) is 11.6. The van der Waals surface area contributed by atoms with E-state index in [2.05, 4.69) is 4.90 Å². The van der Waals surface area contributed by atoms with E-state index in [-0.39, 0.29) is 13.5 Å². The van der Waals surface area contributed by atoms with E-state index in [1.165, 1.54) is 4.90 Å². The van der Waals surface area contributed by atoms with Crippen LogP contribution < -0.4 is 0 Å². The molecule has 2 N–H and O–H groups in total. The summed E-state index contributed by atoms with van der Waals surface area (Å²) in [6.45, 7) is 2.77. The molecule has 0 fully saturated rings. The van der Waals surface area contributed by atoms with Crippen molar-refractivity contribution in [2.75, 3.05) is 53.9 Å². The maximum atomic E-state index is 8.72. The van der Waals surface area contributed by atoms with E-state index in [1.807, 2.05) is 14.1 Å². The first kappa shape index (κ1) is 13.8. The van der Waals surface area contributed by atoms with Crippen LogP contribution in [0.15, 0.2) is 0 Å². The zero-order valence-electron chi connectivity index (χ0n) is 9.15. The Morgan fingerprint density at radius 1 is 1.00 bits per heavy atom. The maximum absolute atomic E-state index is 8.72. The Morgan fingerprint density at radius 3 is 2.14 bits per heavy atom. The van der Waals surface area contributed by atoms with Crippen LogP contribution in [0.1, 0.15) is 6.42 Å². The summed E-state index contributed by atoms with van der Waals surface area (Å²) in [4.78, 5) is 3.60. The predicted molar refractivity (Wildman–Crippen MR) is 54.9 cm³/mol. The third-order valence-electron chi connectivity index (χ3n) is 1.85. The van der Waals surface area contributed by atoms with Crippen LogP contribution in [0.5, 0.6) is 0 Å². The van der Waals surface area contributed by atoms with Gasteiger partial charge in [0, 0.05) is 19.7 Å². The van der Waals surface area contributed by atoms with Gasteiger partial charge in [0.2, 0.25) is 0 Å². The van der Waals surface area contributed by atoms with E-state index in [4.69, 9.17) is 14.9 Å². The van der Waals surface area contributed by atoms with Crippen molar-refractivity contribution in [2.45, 2.75) is 6.42 Å². The third-order valence-corrected chi connectivity index (χ3v) is 1.85. The van der Waals surface area contributed by atoms with Gasteiger partial charge in [-0.05, 0) is 20.5 Å². The molecular weight excluding hydrogens is 184 g/mol. The highest BCUT2D eigenvalue weighted by Gasteiger charge is 1.99. The molecule has 0 aliphatic carbocycles. The molecule has 0 aliphatic rings. The Hall–Kier alpha value is -0.200. The molecular formula is C9H22N2O3. The molecule has 14 heavy (non-hydrogen) atoms. The standard InChI is InChI=1S/C9H22N2O3/c1-10(2)5-7-14-6-3-4-11(8-12)9-13/h12-13H,3-9H2,1-2H3. The molecule has 86 valence electrons. The zero-order valence-corrected chi connectivity index (χ0v) is 9.15. The molecule has 0 aromatic rings. The summed E-state index contributed by atoms with van der Waals surface area (Å²) in [6.07, 6.45) is 0.828. The quantitative estimate of drug-likeness (QED) is 0.380. The first-order valence-electron chi connectivity index (χ1n) is 4.87. The second kappa shape index (κ2) is 9.36. The fourth-order valence-electron chi connectivity index (χ4n) is 0.926. The van der Waals surface area contributed by atoms with Crippen molar-refractivity contribution in [1.29, 1.82) is 0 Å². The van der Waals surface area contributed by atoms with Gasteiger partial charge >= 0.3 is 0 Å². The van der Waals surface area contributed by atoms with E-state index in [9.17, 15) is 0 Å². The first-order valence-corrected chi connectivity index (χ1v) is 4.87. The molecule has 0 amide bonds. The highest BCUT2D eigenvalue weighted by molar-refractivity contribution is 4.47. The molecule has 0 unspecified atom stereocenters. The van der Waals surface area contributed by atoms with Gasteiger partial charge in [0.05, 0.1) is 20.1 Å². The molecule has 0 aromatic heterocycles. The van der Waals surface area contributed by atoms with E-state index in [0.29, 0.717) is 13.2 Å². The van der Waals surface area contributed by atoms with Crippen molar-refractivity contribution in [3.05, 3.63) is 0 Å². The Morgan fingerprint density at radius 2 is 1.64 bits per heavy atom. The van der Waals surface area contributed by atoms with Gasteiger partial charge in [0.25, 0.3) is 0 Å². The lowest BCUT2D eigenvalue weighted by molar-refractivity contribution is 0.0205. The molecule has 0 spiro atoms. The van der Waals surface area contributed by atoms with Crippen LogP contribution in [0.4, 0.5) is 0 Å². The van der Waals surface area contributed by atoms with Crippen LogP contribution in [0.3, 0.4) is 0 Å². The number of likely N-dealkylation sites (N-methyl/N-ethyl adjacent to an activating group) is 1. The lowest BCUT2D eigenvalue weighted by atomic mass is 10.4. The SMILES string of the molecule is CN(C)CCOCCCN(CO)CO. The minimum Gasteiger partial charge on any atom is -0.381 e. The van der Waals surface area contributed by atoms with Gasteiger partial charge in [0.1, 0.15) is 0 Å². The van der Waals surface area contributed by atoms with Crippen LogP contribution in [0.2, 0.25) is 0 Å². The van der Waals surface area contributed by atoms with E-state index < -0.39 is 0 Å². The molecule has 0 radical (unpaired) electrons. The van der Waals surface area contributed by atoms with E-state index in [1.54, 1.807) is 0 Å². The van der Waals surface area contributed by atoms with E-state index >= 15 is 0 Å². The number of ether oxygens (including phenoxy) is 1. The summed E-state index contributed by atoms with van der Waals surface area (Å²) in [5.74, 6) is 0. The summed E-state index contributed by atoms with van der Waals surface area (Å²) in [7, 11) is 4.01. The van der Waals surface area contributed by atoms with Crippen molar-refractivity contribution < 1.29 is 14.9 Å². The van der Waals surface area contributed by atoms with Gasteiger partial charge in [-0.1, -0.05) is 0 Å². The number of nitrogens with zero attached hydrogens (tertiary/aromatic N) is 2. The van der Waals surface area contributed by atoms with Gasteiger partial charge in [0.15, 0.2) is 0 Å². The van der Waals surface area contributed by atoms with Gasteiger partial charge in [-0.25, -0.2) is 0 Å². The van der Waals surface area contributed by atoms with Gasteiger partial charge in [-0.3, -0.25) is 4.90 Å². The Labute approximate surface area is 85.9 Å². The minimum absolute atomic E-state index is 0.103. The Balaban J connectivity index is 3.12. The van der Waals surface area contributed by atoms with Crippen LogP contribution in [0, 0.1) is 0 Å². The summed E-state index contributed by atoms with van der Waals surface area (Å²) in [6, 6.07) is 0. The number of aliphatic hydroxyl groups is 2. The lowest BCUT2D eigenvalue weighted by Gasteiger charge is -2.16. The number of hydrogen-bond donors (Lipinski definition) is 2. The second-order valence-corrected chi connectivity index (χ2v) is 3.45. The minimum atomic E-state index is -0.103. The number of hydrogen-bond acceptors (Lipinski definition) is 5. The Kier molecular flexibility index (Phi) is 9.23. The van der Waals surface area contributed by atoms with Crippen molar-refractivity contribution in [2.24, 2.45) is 0 Å². The van der Waals surface area contributed by atoms with Crippen LogP contribution in [0.25, 0.3) is 0 Å². The summed E-state index contributed by atoms with van der Waals surface area (Å²) in [5, 5.41) is 17.4. The van der Waals surface area contributed by atoms with Crippen molar-refractivity contribution in [3.63, 3.8) is 0 Å². The summed E-state index contributed by atoms with van der Waals surface area (Å²) in [5.41, 5.74) is 0. The molecule has 0 rings (SSSR count). The topological polar surface area (TPSA) is 56.2 Å². The fraction of sp³-hybridized carbons (Fsp3) is 1.00. The third kappa shape index (κ3) is 8.40. The van der Waals surface area contributed by atoms with E-state index in [0.717, 1.165) is 19.6 Å². The van der Waals surface area contributed by atoms with Crippen LogP contribution in [-0.4, -0.2) is 73.9 Å². The largest absolute Gasteiger partial charge is 0.381 e. The molecule has 0 atom stereocenters. The lowest BCUT2D eigenvalue weighted by Crippen LogP contribution is -2.27. The molecule has 0 bridgehead atoms. The van der Waals surface area contributed by atoms with Gasteiger partial charge < -0.3 is 19.8 Å². The first-order chi connectivity index (χ1) is 6.70. The van der Waals surface area contributed by atoms with Gasteiger partial charge in [-0.2, -0.15) is 0 Å². The van der Waals surface area contributed by atoms with Crippen molar-refractivity contribution >= 4 is 0 Å². The number of rotatable bonds is 9. The maximum Gasteiger partial charge on any atom is 0.0974 e. The van der Waals surface area contributed by atoms with Crippen LogP contribution >= 0.6 is 0 Å². The molecule has 0 saturated heterocycles. The molecule has 0 saturated carbocycles. The number of aliphatic hydroxyl groups excluding tert-OH is 2. The molecule has 0 heterocycles. The van der Waals surface area contributed by atoms with Crippen molar-refractivity contribution in [1.82, 2.24) is 9.80 Å². The second-order valence-electron chi connectivity index (χ2n) is 3.45. The Bertz CT molecular complexity index is 119. The predicted octanol–water partition coefficient (Wildman–Crippen LogP) is -0.844. The average molecular weight is 206 g/mol. The molecule has 0 aromatic carbocycles. The highest BCUT2D eigenvalue weighted by atomic mass is 16.5. The monoisotopic (exact) mass is 206 g/mol. The smallest absolute Gasteiger partial charge is 0.0974 e.